The summed E-state index contributed by atoms with van der Waals surface area (Å²) in [5.74, 6) is -0.102. The summed E-state index contributed by atoms with van der Waals surface area (Å²) in [4.78, 5) is 42.7. The van der Waals surface area contributed by atoms with Gasteiger partial charge in [-0.1, -0.05) is 12.1 Å². The summed E-state index contributed by atoms with van der Waals surface area (Å²) in [6.45, 7) is 1.28. The van der Waals surface area contributed by atoms with Crippen molar-refractivity contribution < 1.29 is 9.18 Å². The van der Waals surface area contributed by atoms with E-state index in [1.807, 2.05) is 0 Å². The molecular formula is C21H23FN6O3. The van der Waals surface area contributed by atoms with Gasteiger partial charge in [0.2, 0.25) is 0 Å². The third-order valence-corrected chi connectivity index (χ3v) is 5.33. The van der Waals surface area contributed by atoms with Crippen LogP contribution in [0.15, 0.2) is 52.2 Å². The Labute approximate surface area is 176 Å². The molecule has 3 heterocycles. The van der Waals surface area contributed by atoms with Gasteiger partial charge in [-0.05, 0) is 43.0 Å². The highest BCUT2D eigenvalue weighted by Crippen LogP contribution is 2.22. The highest BCUT2D eigenvalue weighted by Gasteiger charge is 2.25. The van der Waals surface area contributed by atoms with Crippen molar-refractivity contribution in [1.29, 1.82) is 0 Å². The molecule has 0 bridgehead atoms. The number of halogens is 1. The van der Waals surface area contributed by atoms with E-state index in [2.05, 4.69) is 25.3 Å². The zero-order valence-electron chi connectivity index (χ0n) is 16.8. The molecule has 0 aliphatic carbocycles. The fourth-order valence-electron chi connectivity index (χ4n) is 3.79. The average Bonchev–Trinajstić information content (AvgIpc) is 3.20. The molecule has 1 fully saturated rings. The Bertz CT molecular complexity index is 1180. The molecule has 1 aliphatic heterocycles. The molecule has 1 aromatic carbocycles. The quantitative estimate of drug-likeness (QED) is 0.548. The molecule has 10 heteroatoms. The lowest BCUT2D eigenvalue weighted by atomic mass is 10.0. The molecule has 3 aromatic rings. The molecule has 0 spiro atoms. The smallest absolute Gasteiger partial charge is 0.323 e. The van der Waals surface area contributed by atoms with Crippen LogP contribution in [0, 0.1) is 5.82 Å². The number of hydrogen-bond donors (Lipinski definition) is 3. The Kier molecular flexibility index (Phi) is 5.96. The summed E-state index contributed by atoms with van der Waals surface area (Å²) in [5, 5.41) is 7.35. The van der Waals surface area contributed by atoms with Gasteiger partial charge in [-0.25, -0.2) is 13.9 Å². The van der Waals surface area contributed by atoms with Crippen LogP contribution in [0.2, 0.25) is 0 Å². The zero-order chi connectivity index (χ0) is 21.8. The first-order valence-electron chi connectivity index (χ1n) is 10.1. The van der Waals surface area contributed by atoms with E-state index in [4.69, 9.17) is 0 Å². The van der Waals surface area contributed by atoms with Crippen molar-refractivity contribution in [3.05, 3.63) is 80.5 Å². The van der Waals surface area contributed by atoms with Crippen molar-refractivity contribution in [2.45, 2.75) is 31.8 Å². The molecule has 0 radical (unpaired) electrons. The Morgan fingerprint density at radius 3 is 2.87 bits per heavy atom. The van der Waals surface area contributed by atoms with Gasteiger partial charge in [-0.2, -0.15) is 5.10 Å². The van der Waals surface area contributed by atoms with Gasteiger partial charge in [0.15, 0.2) is 0 Å². The zero-order valence-corrected chi connectivity index (χ0v) is 16.8. The molecule has 1 aliphatic rings. The summed E-state index contributed by atoms with van der Waals surface area (Å²) < 4.78 is 14.8. The average molecular weight is 426 g/mol. The van der Waals surface area contributed by atoms with E-state index in [0.717, 1.165) is 25.8 Å². The second kappa shape index (κ2) is 8.99. The molecular weight excluding hydrogens is 403 g/mol. The van der Waals surface area contributed by atoms with E-state index in [1.165, 1.54) is 29.1 Å². The second-order valence-corrected chi connectivity index (χ2v) is 7.53. The Morgan fingerprint density at radius 1 is 1.23 bits per heavy atom. The standard InChI is InChI=1S/C21H23FN6O3/c22-15-5-3-4-14(10-15)13-28-19(29)8-7-18(26-28)27-9-2-1-6-16(27)11-23-20(30)17-12-24-21(31)25-17/h3-5,7-8,10,12,16H,1-2,6,9,11,13H2,(H,23,30)(H2,24,25,31). The Balaban J connectivity index is 1.50. The van der Waals surface area contributed by atoms with Crippen molar-refractivity contribution in [2.24, 2.45) is 0 Å². The first-order chi connectivity index (χ1) is 15.0. The van der Waals surface area contributed by atoms with Crippen LogP contribution >= 0.6 is 0 Å². The number of hydrogen-bond acceptors (Lipinski definition) is 5. The molecule has 1 amide bonds. The summed E-state index contributed by atoms with van der Waals surface area (Å²) >= 11 is 0. The molecule has 1 unspecified atom stereocenters. The number of benzene rings is 1. The van der Waals surface area contributed by atoms with Crippen molar-refractivity contribution in [3.8, 4) is 0 Å². The number of amides is 1. The molecule has 9 nitrogen and oxygen atoms in total. The third-order valence-electron chi connectivity index (χ3n) is 5.33. The van der Waals surface area contributed by atoms with Gasteiger partial charge in [0.25, 0.3) is 11.5 Å². The van der Waals surface area contributed by atoms with E-state index in [9.17, 15) is 18.8 Å². The van der Waals surface area contributed by atoms with E-state index >= 15 is 0 Å². The minimum atomic E-state index is -0.436. The van der Waals surface area contributed by atoms with Crippen LogP contribution in [-0.2, 0) is 6.54 Å². The highest BCUT2D eigenvalue weighted by molar-refractivity contribution is 5.91. The molecule has 1 saturated heterocycles. The van der Waals surface area contributed by atoms with E-state index < -0.39 is 5.69 Å². The lowest BCUT2D eigenvalue weighted by Gasteiger charge is -2.36. The predicted octanol–water partition coefficient (Wildman–Crippen LogP) is 1.24. The fraction of sp³-hybridized carbons (Fsp3) is 0.333. The number of nitrogens with zero attached hydrogens (tertiary/aromatic N) is 3. The molecule has 1 atom stereocenters. The number of aromatic amines is 2. The van der Waals surface area contributed by atoms with Crippen molar-refractivity contribution in [2.75, 3.05) is 18.0 Å². The predicted molar refractivity (Wildman–Crippen MR) is 113 cm³/mol. The minimum Gasteiger partial charge on any atom is -0.350 e. The fourth-order valence-corrected chi connectivity index (χ4v) is 3.79. The van der Waals surface area contributed by atoms with E-state index in [0.29, 0.717) is 17.9 Å². The van der Waals surface area contributed by atoms with Crippen LogP contribution in [0.25, 0.3) is 0 Å². The minimum absolute atomic E-state index is 0.00372. The highest BCUT2D eigenvalue weighted by atomic mass is 19.1. The topological polar surface area (TPSA) is 116 Å². The van der Waals surface area contributed by atoms with Gasteiger partial charge < -0.3 is 20.2 Å². The molecule has 2 aromatic heterocycles. The maximum Gasteiger partial charge on any atom is 0.323 e. The summed E-state index contributed by atoms with van der Waals surface area (Å²) in [6.07, 6.45) is 4.18. The monoisotopic (exact) mass is 426 g/mol. The van der Waals surface area contributed by atoms with Gasteiger partial charge in [-0.3, -0.25) is 9.59 Å². The maximum absolute atomic E-state index is 13.5. The molecule has 162 valence electrons. The van der Waals surface area contributed by atoms with Gasteiger partial charge >= 0.3 is 5.69 Å². The number of nitrogens with one attached hydrogen (secondary N) is 3. The van der Waals surface area contributed by atoms with Gasteiger partial charge in [0, 0.05) is 31.4 Å². The first kappa shape index (κ1) is 20.6. The number of carbonyl (C=O) groups is 1. The molecule has 4 rings (SSSR count). The van der Waals surface area contributed by atoms with Crippen LogP contribution in [0.5, 0.6) is 0 Å². The van der Waals surface area contributed by atoms with Gasteiger partial charge in [0.1, 0.15) is 17.3 Å². The number of piperidine rings is 1. The third kappa shape index (κ3) is 4.90. The van der Waals surface area contributed by atoms with Crippen LogP contribution in [-0.4, -0.2) is 44.8 Å². The summed E-state index contributed by atoms with van der Waals surface area (Å²) in [7, 11) is 0. The van der Waals surface area contributed by atoms with Gasteiger partial charge in [0.05, 0.1) is 6.54 Å². The van der Waals surface area contributed by atoms with Crippen LogP contribution < -0.4 is 21.5 Å². The Hall–Kier alpha value is -3.69. The van der Waals surface area contributed by atoms with Crippen LogP contribution in [0.1, 0.15) is 35.3 Å². The van der Waals surface area contributed by atoms with Crippen LogP contribution in [0.3, 0.4) is 0 Å². The molecule has 3 N–H and O–H groups in total. The Morgan fingerprint density at radius 2 is 2.10 bits per heavy atom. The van der Waals surface area contributed by atoms with Gasteiger partial charge in [-0.15, -0.1) is 0 Å². The van der Waals surface area contributed by atoms with Crippen molar-refractivity contribution in [1.82, 2.24) is 25.1 Å². The lowest BCUT2D eigenvalue weighted by Crippen LogP contribution is -2.47. The van der Waals surface area contributed by atoms with Crippen molar-refractivity contribution in [3.63, 3.8) is 0 Å². The van der Waals surface area contributed by atoms with E-state index in [-0.39, 0.29) is 35.6 Å². The number of rotatable bonds is 6. The molecule has 31 heavy (non-hydrogen) atoms. The number of imidazole rings is 1. The number of carbonyl (C=O) groups excluding carboxylic acids is 1. The van der Waals surface area contributed by atoms with Crippen molar-refractivity contribution >= 4 is 11.7 Å². The normalized spacial score (nSPS) is 16.3. The number of H-pyrrole nitrogens is 2. The maximum atomic E-state index is 13.5. The molecule has 0 saturated carbocycles. The largest absolute Gasteiger partial charge is 0.350 e. The SMILES string of the molecule is O=C(NCC1CCCCN1c1ccc(=O)n(Cc2cccc(F)c2)n1)c1c[nH]c(=O)[nH]1. The van der Waals surface area contributed by atoms with E-state index in [1.54, 1.807) is 18.2 Å². The number of anilines is 1. The summed E-state index contributed by atoms with van der Waals surface area (Å²) in [5.41, 5.74) is 0.115. The summed E-state index contributed by atoms with van der Waals surface area (Å²) in [6, 6.07) is 9.20. The second-order valence-electron chi connectivity index (χ2n) is 7.53. The first-order valence-corrected chi connectivity index (χ1v) is 10.1. The van der Waals surface area contributed by atoms with Crippen LogP contribution in [0.4, 0.5) is 10.2 Å². The lowest BCUT2D eigenvalue weighted by molar-refractivity contribution is 0.0945. The number of aromatic nitrogens is 4.